The van der Waals surface area contributed by atoms with Gasteiger partial charge in [0.1, 0.15) is 0 Å². The van der Waals surface area contributed by atoms with Crippen LogP contribution in [-0.4, -0.2) is 35.5 Å². The average molecular weight is 276 g/mol. The molecule has 0 aliphatic carbocycles. The van der Waals surface area contributed by atoms with Crippen molar-refractivity contribution in [2.75, 3.05) is 26.9 Å². The zero-order valence-electron chi connectivity index (χ0n) is 13.1. The van der Waals surface area contributed by atoms with Crippen molar-refractivity contribution in [1.82, 2.24) is 0 Å². The summed E-state index contributed by atoms with van der Waals surface area (Å²) in [6, 6.07) is 2.07. The van der Waals surface area contributed by atoms with Gasteiger partial charge in [0, 0.05) is 26.9 Å². The Hall–Kier alpha value is 0.0969. The Balaban J connectivity index is 4.16. The monoisotopic (exact) mass is 276 g/mol. The molecule has 0 aromatic heterocycles. The molecule has 0 fully saturated rings. The van der Waals surface area contributed by atoms with Gasteiger partial charge in [-0.3, -0.25) is 0 Å². The van der Waals surface area contributed by atoms with Gasteiger partial charge in [-0.25, -0.2) is 0 Å². The smallest absolute Gasteiger partial charge is 0.337 e. The molecule has 0 aromatic carbocycles. The fourth-order valence-corrected chi connectivity index (χ4v) is 4.34. The highest BCUT2D eigenvalue weighted by molar-refractivity contribution is 6.67. The summed E-state index contributed by atoms with van der Waals surface area (Å²) >= 11 is 0. The van der Waals surface area contributed by atoms with Crippen LogP contribution in [0.5, 0.6) is 0 Å². The van der Waals surface area contributed by atoms with Gasteiger partial charge in [0.2, 0.25) is 0 Å². The Labute approximate surface area is 114 Å². The SMILES string of the molecule is CC[Si](CC)(OCC(C)C)OCC(C)CCOC. The van der Waals surface area contributed by atoms with E-state index >= 15 is 0 Å². The van der Waals surface area contributed by atoms with E-state index in [4.69, 9.17) is 13.6 Å². The van der Waals surface area contributed by atoms with Crippen molar-refractivity contribution >= 4 is 8.56 Å². The molecule has 0 N–H and O–H groups in total. The molecule has 0 saturated carbocycles. The van der Waals surface area contributed by atoms with E-state index in [1.807, 2.05) is 0 Å². The quantitative estimate of drug-likeness (QED) is 0.537. The molecule has 1 unspecified atom stereocenters. The molecule has 0 spiro atoms. The second-order valence-corrected chi connectivity index (χ2v) is 9.33. The molecule has 0 rings (SSSR count). The van der Waals surface area contributed by atoms with E-state index < -0.39 is 8.56 Å². The van der Waals surface area contributed by atoms with Gasteiger partial charge in [0.05, 0.1) is 0 Å². The van der Waals surface area contributed by atoms with Crippen LogP contribution in [0.1, 0.15) is 41.0 Å². The Morgan fingerprint density at radius 1 is 0.944 bits per heavy atom. The Morgan fingerprint density at radius 3 is 1.94 bits per heavy atom. The number of hydrogen-bond donors (Lipinski definition) is 0. The summed E-state index contributed by atoms with van der Waals surface area (Å²) in [4.78, 5) is 0. The molecule has 0 amide bonds. The van der Waals surface area contributed by atoms with Gasteiger partial charge in [-0.1, -0.05) is 34.6 Å². The van der Waals surface area contributed by atoms with Crippen molar-refractivity contribution < 1.29 is 13.6 Å². The molecular weight excluding hydrogens is 244 g/mol. The summed E-state index contributed by atoms with van der Waals surface area (Å²) in [6.07, 6.45) is 1.05. The lowest BCUT2D eigenvalue weighted by Gasteiger charge is -2.30. The van der Waals surface area contributed by atoms with Gasteiger partial charge in [-0.05, 0) is 30.3 Å². The molecule has 0 aliphatic rings. The minimum absolute atomic E-state index is 0.539. The maximum Gasteiger partial charge on any atom is 0.337 e. The third kappa shape index (κ3) is 7.51. The number of hydrogen-bond acceptors (Lipinski definition) is 3. The van der Waals surface area contributed by atoms with Crippen molar-refractivity contribution in [1.29, 1.82) is 0 Å². The van der Waals surface area contributed by atoms with Crippen LogP contribution in [0.2, 0.25) is 12.1 Å². The summed E-state index contributed by atoms with van der Waals surface area (Å²) in [5.41, 5.74) is 0. The van der Waals surface area contributed by atoms with E-state index in [1.165, 1.54) is 0 Å². The Kier molecular flexibility index (Phi) is 10.0. The van der Waals surface area contributed by atoms with Crippen LogP contribution >= 0.6 is 0 Å². The zero-order valence-corrected chi connectivity index (χ0v) is 14.1. The Morgan fingerprint density at radius 2 is 1.50 bits per heavy atom. The predicted octanol–water partition coefficient (Wildman–Crippen LogP) is 3.83. The molecule has 0 bridgehead atoms. The molecule has 0 aromatic rings. The molecule has 110 valence electrons. The van der Waals surface area contributed by atoms with Crippen LogP contribution in [0.25, 0.3) is 0 Å². The van der Waals surface area contributed by atoms with Crippen LogP contribution in [0, 0.1) is 11.8 Å². The highest BCUT2D eigenvalue weighted by Gasteiger charge is 2.34. The van der Waals surface area contributed by atoms with Crippen LogP contribution in [0.15, 0.2) is 0 Å². The number of ether oxygens (including phenoxy) is 1. The fourth-order valence-electron chi connectivity index (χ4n) is 1.71. The molecule has 1 atom stereocenters. The molecule has 0 saturated heterocycles. The van der Waals surface area contributed by atoms with Gasteiger partial charge in [0.25, 0.3) is 0 Å². The van der Waals surface area contributed by atoms with Gasteiger partial charge >= 0.3 is 8.56 Å². The normalized spacial score (nSPS) is 14.2. The van der Waals surface area contributed by atoms with Crippen molar-refractivity contribution in [2.45, 2.75) is 53.1 Å². The fraction of sp³-hybridized carbons (Fsp3) is 1.00. The summed E-state index contributed by atoms with van der Waals surface area (Å²) in [6.45, 7) is 13.4. The lowest BCUT2D eigenvalue weighted by Crippen LogP contribution is -2.42. The van der Waals surface area contributed by atoms with E-state index in [9.17, 15) is 0 Å². The second kappa shape index (κ2) is 9.95. The van der Waals surface area contributed by atoms with Crippen molar-refractivity contribution in [3.05, 3.63) is 0 Å². The van der Waals surface area contributed by atoms with E-state index in [2.05, 4.69) is 34.6 Å². The summed E-state index contributed by atoms with van der Waals surface area (Å²) < 4.78 is 17.4. The van der Waals surface area contributed by atoms with Gasteiger partial charge < -0.3 is 13.6 Å². The largest absolute Gasteiger partial charge is 0.394 e. The second-order valence-electron chi connectivity index (χ2n) is 5.52. The molecule has 18 heavy (non-hydrogen) atoms. The van der Waals surface area contributed by atoms with Crippen LogP contribution in [-0.2, 0) is 13.6 Å². The molecule has 4 heteroatoms. The summed E-state index contributed by atoms with van der Waals surface area (Å²) in [5.74, 6) is 1.11. The third-order valence-corrected chi connectivity index (χ3v) is 6.74. The van der Waals surface area contributed by atoms with Gasteiger partial charge in [0.15, 0.2) is 0 Å². The van der Waals surface area contributed by atoms with E-state index in [0.717, 1.165) is 38.3 Å². The van der Waals surface area contributed by atoms with E-state index in [1.54, 1.807) is 7.11 Å². The highest BCUT2D eigenvalue weighted by Crippen LogP contribution is 2.21. The highest BCUT2D eigenvalue weighted by atomic mass is 28.4. The number of methoxy groups -OCH3 is 1. The lowest BCUT2D eigenvalue weighted by molar-refractivity contribution is 0.119. The third-order valence-electron chi connectivity index (χ3n) is 3.20. The molecule has 3 nitrogen and oxygen atoms in total. The number of rotatable bonds is 11. The predicted molar refractivity (Wildman–Crippen MR) is 79.1 cm³/mol. The van der Waals surface area contributed by atoms with Crippen LogP contribution in [0.3, 0.4) is 0 Å². The van der Waals surface area contributed by atoms with Gasteiger partial charge in [-0.15, -0.1) is 0 Å². The molecule has 0 aliphatic heterocycles. The molecular formula is C14H32O3Si. The van der Waals surface area contributed by atoms with Gasteiger partial charge in [-0.2, -0.15) is 0 Å². The summed E-state index contributed by atoms with van der Waals surface area (Å²) in [5, 5.41) is 0. The maximum absolute atomic E-state index is 6.20. The van der Waals surface area contributed by atoms with Crippen LogP contribution in [0.4, 0.5) is 0 Å². The van der Waals surface area contributed by atoms with E-state index in [-0.39, 0.29) is 0 Å². The summed E-state index contributed by atoms with van der Waals surface area (Å²) in [7, 11) is -0.203. The first-order valence-electron chi connectivity index (χ1n) is 7.26. The van der Waals surface area contributed by atoms with Crippen LogP contribution < -0.4 is 0 Å². The molecule has 0 radical (unpaired) electrons. The minimum Gasteiger partial charge on any atom is -0.394 e. The topological polar surface area (TPSA) is 27.7 Å². The van der Waals surface area contributed by atoms with Crippen molar-refractivity contribution in [3.8, 4) is 0 Å². The zero-order chi connectivity index (χ0) is 14.0. The lowest BCUT2D eigenvalue weighted by atomic mass is 10.1. The first-order chi connectivity index (χ1) is 8.49. The first kappa shape index (κ1) is 18.1. The standard InChI is InChI=1S/C14H32O3Si/c1-7-18(8-2,16-11-13(3)4)17-12-14(5)9-10-15-6/h13-14H,7-12H2,1-6H3. The van der Waals surface area contributed by atoms with Crippen molar-refractivity contribution in [2.24, 2.45) is 11.8 Å². The first-order valence-corrected chi connectivity index (χ1v) is 9.49. The molecule has 0 heterocycles. The average Bonchev–Trinajstić information content (AvgIpc) is 2.37. The van der Waals surface area contributed by atoms with Crippen molar-refractivity contribution in [3.63, 3.8) is 0 Å². The minimum atomic E-state index is -1.95. The Bertz CT molecular complexity index is 193. The maximum atomic E-state index is 6.20. The van der Waals surface area contributed by atoms with E-state index in [0.29, 0.717) is 11.8 Å².